The van der Waals surface area contributed by atoms with E-state index in [1.165, 1.54) is 26.4 Å². The van der Waals surface area contributed by atoms with Crippen LogP contribution in [0.25, 0.3) is 22.5 Å². The van der Waals surface area contributed by atoms with Crippen LogP contribution in [0.3, 0.4) is 0 Å². The second kappa shape index (κ2) is 9.34. The lowest BCUT2D eigenvalue weighted by Gasteiger charge is -2.14. The predicted molar refractivity (Wildman–Crippen MR) is 129 cm³/mol. The molecule has 0 aliphatic heterocycles. The Balaban J connectivity index is 1.46. The third-order valence-electron chi connectivity index (χ3n) is 6.09. The van der Waals surface area contributed by atoms with Crippen molar-refractivity contribution in [3.63, 3.8) is 0 Å². The van der Waals surface area contributed by atoms with Gasteiger partial charge in [-0.25, -0.2) is 9.49 Å². The van der Waals surface area contributed by atoms with Gasteiger partial charge >= 0.3 is 0 Å². The molecule has 0 radical (unpaired) electrons. The zero-order chi connectivity index (χ0) is 24.5. The number of ether oxygens (including phenoxy) is 2. The molecular weight excluding hydrogens is 473 g/mol. The lowest BCUT2D eigenvalue weighted by atomic mass is 9.97. The lowest BCUT2D eigenvalue weighted by molar-refractivity contribution is -0.117. The lowest BCUT2D eigenvalue weighted by Crippen LogP contribution is -2.16. The Morgan fingerprint density at radius 1 is 1.06 bits per heavy atom. The first kappa shape index (κ1) is 22.8. The molecule has 1 aromatic heterocycles. The van der Waals surface area contributed by atoms with Gasteiger partial charge in [0, 0.05) is 16.5 Å². The van der Waals surface area contributed by atoms with Crippen molar-refractivity contribution in [2.45, 2.75) is 12.3 Å². The maximum Gasteiger partial charge on any atom is 0.228 e. The first-order valence-corrected chi connectivity index (χ1v) is 11.2. The zero-order valence-corrected chi connectivity index (χ0v) is 19.6. The van der Waals surface area contributed by atoms with E-state index in [1.807, 2.05) is 12.1 Å². The van der Waals surface area contributed by atoms with Gasteiger partial charge in [0.05, 0.1) is 19.9 Å². The summed E-state index contributed by atoms with van der Waals surface area (Å²) in [6, 6.07) is 15.5. The highest BCUT2D eigenvalue weighted by molar-refractivity contribution is 6.30. The van der Waals surface area contributed by atoms with Crippen molar-refractivity contribution in [3.05, 3.63) is 71.0 Å². The minimum Gasteiger partial charge on any atom is -0.493 e. The summed E-state index contributed by atoms with van der Waals surface area (Å²) in [4.78, 5) is 12.9. The van der Waals surface area contributed by atoms with E-state index < -0.39 is 5.82 Å². The minimum atomic E-state index is -0.581. The first-order chi connectivity index (χ1) is 17.0. The van der Waals surface area contributed by atoms with E-state index in [4.69, 9.17) is 21.1 Å². The topological polar surface area (TPSA) is 102 Å². The number of benzene rings is 3. The van der Waals surface area contributed by atoms with Crippen molar-refractivity contribution in [2.24, 2.45) is 5.92 Å². The summed E-state index contributed by atoms with van der Waals surface area (Å²) >= 11 is 5.96. The monoisotopic (exact) mass is 493 g/mol. The maximum atomic E-state index is 15.2. The van der Waals surface area contributed by atoms with Gasteiger partial charge in [-0.3, -0.25) is 4.79 Å². The number of anilines is 1. The Kier molecular flexibility index (Phi) is 6.08. The van der Waals surface area contributed by atoms with Crippen LogP contribution in [0.4, 0.5) is 10.1 Å². The Morgan fingerprint density at radius 3 is 2.51 bits per heavy atom. The molecule has 0 saturated heterocycles. The van der Waals surface area contributed by atoms with E-state index in [9.17, 15) is 4.79 Å². The van der Waals surface area contributed by atoms with Crippen molar-refractivity contribution >= 4 is 23.2 Å². The van der Waals surface area contributed by atoms with E-state index in [0.717, 1.165) is 5.56 Å². The van der Waals surface area contributed by atoms with Gasteiger partial charge in [-0.05, 0) is 75.9 Å². The number of tetrazole rings is 1. The van der Waals surface area contributed by atoms with Crippen LogP contribution >= 0.6 is 11.6 Å². The van der Waals surface area contributed by atoms with E-state index in [2.05, 4.69) is 25.9 Å². The standard InChI is InChI=1S/C25H21ClFN5O3/c1-34-22-8-5-14(9-23(22)35-2)17-11-20(27)21(12-18(17)24-29-31-32-30-24)28-25(33)19-10-16(19)13-3-6-15(26)7-4-13/h3-9,11-12,16,19H,10H2,1-2H3,(H,28,33)(H,29,30,31,32). The molecule has 178 valence electrons. The summed E-state index contributed by atoms with van der Waals surface area (Å²) in [6.07, 6.45) is 0.692. The molecule has 3 aromatic carbocycles. The highest BCUT2D eigenvalue weighted by Crippen LogP contribution is 2.48. The van der Waals surface area contributed by atoms with Crippen molar-refractivity contribution in [2.75, 3.05) is 19.5 Å². The normalized spacial score (nSPS) is 16.6. The third-order valence-corrected chi connectivity index (χ3v) is 6.34. The number of H-pyrrole nitrogens is 1. The molecule has 1 fully saturated rings. The fourth-order valence-corrected chi connectivity index (χ4v) is 4.30. The van der Waals surface area contributed by atoms with Gasteiger partial charge in [0.1, 0.15) is 5.82 Å². The predicted octanol–water partition coefficient (Wildman–Crippen LogP) is 5.09. The number of methoxy groups -OCH3 is 2. The number of carbonyl (C=O) groups excluding carboxylic acids is 1. The summed E-state index contributed by atoms with van der Waals surface area (Å²) < 4.78 is 25.9. The molecule has 10 heteroatoms. The van der Waals surface area contributed by atoms with Gasteiger partial charge < -0.3 is 14.8 Å². The Bertz CT molecular complexity index is 1380. The molecule has 0 spiro atoms. The summed E-state index contributed by atoms with van der Waals surface area (Å²) in [5, 5.41) is 17.4. The van der Waals surface area contributed by atoms with Crippen LogP contribution in [0.5, 0.6) is 11.5 Å². The second-order valence-corrected chi connectivity index (χ2v) is 8.62. The SMILES string of the molecule is COc1ccc(-c2cc(F)c(NC(=O)C3CC3c3ccc(Cl)cc3)cc2-c2nnn[nH]2)cc1OC. The van der Waals surface area contributed by atoms with Gasteiger partial charge in [0.25, 0.3) is 0 Å². The van der Waals surface area contributed by atoms with Crippen molar-refractivity contribution in [1.82, 2.24) is 20.6 Å². The molecule has 2 N–H and O–H groups in total. The van der Waals surface area contributed by atoms with Crippen LogP contribution in [0.2, 0.25) is 5.02 Å². The molecule has 4 aromatic rings. The largest absolute Gasteiger partial charge is 0.493 e. The number of halogens is 2. The molecule has 1 saturated carbocycles. The molecule has 1 amide bonds. The van der Waals surface area contributed by atoms with Crippen LogP contribution in [-0.2, 0) is 4.79 Å². The van der Waals surface area contributed by atoms with E-state index in [-0.39, 0.29) is 23.4 Å². The average Bonchev–Trinajstić information content (AvgIpc) is 3.49. The molecule has 1 heterocycles. The number of aromatic nitrogens is 4. The Hall–Kier alpha value is -3.98. The van der Waals surface area contributed by atoms with Crippen molar-refractivity contribution < 1.29 is 18.7 Å². The second-order valence-electron chi connectivity index (χ2n) is 8.19. The number of amides is 1. The molecule has 0 bridgehead atoms. The molecular formula is C25H21ClFN5O3. The first-order valence-electron chi connectivity index (χ1n) is 10.8. The fourth-order valence-electron chi connectivity index (χ4n) is 4.17. The van der Waals surface area contributed by atoms with Crippen LogP contribution < -0.4 is 14.8 Å². The minimum absolute atomic E-state index is 0.0485. The molecule has 2 atom stereocenters. The number of hydrogen-bond acceptors (Lipinski definition) is 6. The fraction of sp³-hybridized carbons (Fsp3) is 0.200. The quantitative estimate of drug-likeness (QED) is 0.372. The van der Waals surface area contributed by atoms with E-state index in [0.29, 0.717) is 45.5 Å². The number of nitrogens with one attached hydrogen (secondary N) is 2. The van der Waals surface area contributed by atoms with Gasteiger partial charge in [-0.15, -0.1) is 5.10 Å². The van der Waals surface area contributed by atoms with Crippen LogP contribution in [0.15, 0.2) is 54.6 Å². The van der Waals surface area contributed by atoms with Crippen LogP contribution in [-0.4, -0.2) is 40.8 Å². The number of hydrogen-bond donors (Lipinski definition) is 2. The molecule has 2 unspecified atom stereocenters. The molecule has 5 rings (SSSR count). The van der Waals surface area contributed by atoms with Crippen molar-refractivity contribution in [3.8, 4) is 34.0 Å². The molecule has 8 nitrogen and oxygen atoms in total. The van der Waals surface area contributed by atoms with Crippen LogP contribution in [0, 0.1) is 11.7 Å². The number of aromatic amines is 1. The molecule has 1 aliphatic carbocycles. The highest BCUT2D eigenvalue weighted by Gasteiger charge is 2.44. The Labute approximate surface area is 205 Å². The molecule has 1 aliphatic rings. The summed E-state index contributed by atoms with van der Waals surface area (Å²) in [5.41, 5.74) is 2.78. The number of nitrogens with zero attached hydrogens (tertiary/aromatic N) is 3. The molecule has 35 heavy (non-hydrogen) atoms. The highest BCUT2D eigenvalue weighted by atomic mass is 35.5. The maximum absolute atomic E-state index is 15.2. The average molecular weight is 494 g/mol. The smallest absolute Gasteiger partial charge is 0.228 e. The summed E-state index contributed by atoms with van der Waals surface area (Å²) in [6.45, 7) is 0. The number of carbonyl (C=O) groups is 1. The van der Waals surface area contributed by atoms with Gasteiger partial charge in [-0.1, -0.05) is 29.8 Å². The Morgan fingerprint density at radius 2 is 1.83 bits per heavy atom. The summed E-state index contributed by atoms with van der Waals surface area (Å²) in [5.74, 6) is 0.383. The van der Waals surface area contributed by atoms with Gasteiger partial charge in [0.2, 0.25) is 5.91 Å². The summed E-state index contributed by atoms with van der Waals surface area (Å²) in [7, 11) is 3.06. The van der Waals surface area contributed by atoms with E-state index >= 15 is 4.39 Å². The van der Waals surface area contributed by atoms with Crippen LogP contribution in [0.1, 0.15) is 17.9 Å². The third kappa shape index (κ3) is 4.54. The zero-order valence-electron chi connectivity index (χ0n) is 18.9. The van der Waals surface area contributed by atoms with Crippen molar-refractivity contribution in [1.29, 1.82) is 0 Å². The van der Waals surface area contributed by atoms with E-state index in [1.54, 1.807) is 30.3 Å². The van der Waals surface area contributed by atoms with Gasteiger partial charge in [0.15, 0.2) is 17.3 Å². The number of rotatable bonds is 7. The van der Waals surface area contributed by atoms with Gasteiger partial charge in [-0.2, -0.15) is 0 Å².